The zero-order chi connectivity index (χ0) is 14.0. The van der Waals surface area contributed by atoms with E-state index in [9.17, 15) is 13.2 Å². The number of fused-ring (bicyclic) bond motifs is 1. The normalized spacial score (nSPS) is 13.8. The fourth-order valence-corrected chi connectivity index (χ4v) is 3.21. The lowest BCUT2D eigenvalue weighted by molar-refractivity contribution is 0.541. The van der Waals surface area contributed by atoms with Crippen LogP contribution in [0, 0.1) is 0 Å². The molecule has 0 saturated heterocycles. The molecule has 0 saturated carbocycles. The minimum Gasteiger partial charge on any atom is -0.408 e. The van der Waals surface area contributed by atoms with E-state index in [1.807, 2.05) is 13.8 Å². The zero-order valence-electron chi connectivity index (χ0n) is 10.8. The molecule has 0 aliphatic heterocycles. The molecule has 6 nitrogen and oxygen atoms in total. The van der Waals surface area contributed by atoms with Crippen LogP contribution in [0.1, 0.15) is 26.7 Å². The Kier molecular flexibility index (Phi) is 3.77. The molecule has 2 aromatic rings. The van der Waals surface area contributed by atoms with E-state index in [1.165, 1.54) is 18.2 Å². The van der Waals surface area contributed by atoms with Gasteiger partial charge in [-0.25, -0.2) is 17.9 Å². The van der Waals surface area contributed by atoms with Gasteiger partial charge in [0.05, 0.1) is 10.4 Å². The number of nitrogens with one attached hydrogen (secondary N) is 2. The Labute approximate surface area is 110 Å². The maximum atomic E-state index is 12.1. The molecule has 1 aromatic carbocycles. The van der Waals surface area contributed by atoms with E-state index in [2.05, 4.69) is 9.71 Å². The van der Waals surface area contributed by atoms with Crippen LogP contribution in [0.2, 0.25) is 0 Å². The predicted octanol–water partition coefficient (Wildman–Crippen LogP) is 1.59. The minimum absolute atomic E-state index is 0.0886. The summed E-state index contributed by atoms with van der Waals surface area (Å²) in [5.41, 5.74) is 0.710. The van der Waals surface area contributed by atoms with Crippen molar-refractivity contribution >= 4 is 21.1 Å². The number of hydrogen-bond acceptors (Lipinski definition) is 4. The molecule has 2 N–H and O–H groups in total. The maximum Gasteiger partial charge on any atom is 0.417 e. The number of rotatable bonds is 5. The van der Waals surface area contributed by atoms with Gasteiger partial charge in [0.1, 0.15) is 0 Å². The van der Waals surface area contributed by atoms with Gasteiger partial charge in [0.25, 0.3) is 0 Å². The number of sulfonamides is 1. The highest BCUT2D eigenvalue weighted by Crippen LogP contribution is 2.17. The van der Waals surface area contributed by atoms with Crippen molar-refractivity contribution in [3.8, 4) is 0 Å². The largest absolute Gasteiger partial charge is 0.417 e. The highest BCUT2D eigenvalue weighted by Gasteiger charge is 2.18. The molecular formula is C12H16N2O4S. The second-order valence-electron chi connectivity index (χ2n) is 4.48. The molecule has 0 bridgehead atoms. The Balaban J connectivity index is 2.34. The van der Waals surface area contributed by atoms with Gasteiger partial charge in [0.15, 0.2) is 5.58 Å². The quantitative estimate of drug-likeness (QED) is 0.872. The molecule has 0 unspecified atom stereocenters. The Hall–Kier alpha value is -1.60. The van der Waals surface area contributed by atoms with E-state index >= 15 is 0 Å². The third-order valence-electron chi connectivity index (χ3n) is 2.78. The lowest BCUT2D eigenvalue weighted by Crippen LogP contribution is -2.32. The van der Waals surface area contributed by atoms with E-state index in [1.54, 1.807) is 0 Å². The van der Waals surface area contributed by atoms with Crippen LogP contribution in [0.3, 0.4) is 0 Å². The summed E-state index contributed by atoms with van der Waals surface area (Å²) in [6.45, 7) is 3.81. The summed E-state index contributed by atoms with van der Waals surface area (Å²) < 4.78 is 31.7. The standard InChI is InChI=1S/C12H16N2O4S/c1-3-4-8(2)14-19(16,17)9-5-6-10-11(7-9)18-12(15)13-10/h5-8,14H,3-4H2,1-2H3,(H,13,15)/t8-/m1/s1. The number of benzene rings is 1. The molecule has 7 heteroatoms. The molecule has 0 aliphatic carbocycles. The molecule has 0 spiro atoms. The van der Waals surface area contributed by atoms with Crippen molar-refractivity contribution in [3.63, 3.8) is 0 Å². The molecule has 2 rings (SSSR count). The molecule has 0 fully saturated rings. The van der Waals surface area contributed by atoms with Gasteiger partial charge in [-0.15, -0.1) is 0 Å². The highest BCUT2D eigenvalue weighted by atomic mass is 32.2. The van der Waals surface area contributed by atoms with Gasteiger partial charge in [0.2, 0.25) is 10.0 Å². The van der Waals surface area contributed by atoms with Crippen LogP contribution in [-0.4, -0.2) is 19.4 Å². The molecular weight excluding hydrogens is 268 g/mol. The first kappa shape index (κ1) is 13.8. The highest BCUT2D eigenvalue weighted by molar-refractivity contribution is 7.89. The average Bonchev–Trinajstić information content (AvgIpc) is 2.67. The fraction of sp³-hybridized carbons (Fsp3) is 0.417. The smallest absolute Gasteiger partial charge is 0.408 e. The van der Waals surface area contributed by atoms with Crippen LogP contribution in [0.15, 0.2) is 32.3 Å². The van der Waals surface area contributed by atoms with Crippen molar-refractivity contribution in [1.29, 1.82) is 0 Å². The van der Waals surface area contributed by atoms with Crippen LogP contribution in [-0.2, 0) is 10.0 Å². The SMILES string of the molecule is CCC[C@@H](C)NS(=O)(=O)c1ccc2[nH]c(=O)oc2c1. The average molecular weight is 284 g/mol. The van der Waals surface area contributed by atoms with E-state index in [0.717, 1.165) is 12.8 Å². The van der Waals surface area contributed by atoms with Crippen LogP contribution in [0.25, 0.3) is 11.1 Å². The van der Waals surface area contributed by atoms with E-state index in [4.69, 9.17) is 4.42 Å². The molecule has 1 atom stereocenters. The van der Waals surface area contributed by atoms with Gasteiger partial charge in [-0.3, -0.25) is 4.98 Å². The van der Waals surface area contributed by atoms with Gasteiger partial charge in [-0.1, -0.05) is 13.3 Å². The van der Waals surface area contributed by atoms with Crippen molar-refractivity contribution in [2.24, 2.45) is 0 Å². The monoisotopic (exact) mass is 284 g/mol. The van der Waals surface area contributed by atoms with Crippen LogP contribution >= 0.6 is 0 Å². The first-order chi connectivity index (χ1) is 8.92. The van der Waals surface area contributed by atoms with Gasteiger partial charge in [-0.05, 0) is 25.5 Å². The first-order valence-electron chi connectivity index (χ1n) is 6.07. The van der Waals surface area contributed by atoms with E-state index < -0.39 is 15.8 Å². The molecule has 0 amide bonds. The number of hydrogen-bond donors (Lipinski definition) is 2. The molecule has 0 radical (unpaired) electrons. The number of aromatic nitrogens is 1. The van der Waals surface area contributed by atoms with Crippen molar-refractivity contribution in [2.75, 3.05) is 0 Å². The Morgan fingerprint density at radius 1 is 1.42 bits per heavy atom. The predicted molar refractivity (Wildman–Crippen MR) is 71.5 cm³/mol. The summed E-state index contributed by atoms with van der Waals surface area (Å²) in [4.78, 5) is 13.6. The lowest BCUT2D eigenvalue weighted by atomic mass is 10.2. The van der Waals surface area contributed by atoms with Crippen molar-refractivity contribution in [1.82, 2.24) is 9.71 Å². The zero-order valence-corrected chi connectivity index (χ0v) is 11.6. The van der Waals surface area contributed by atoms with Gasteiger partial charge < -0.3 is 4.42 Å². The Morgan fingerprint density at radius 3 is 2.84 bits per heavy atom. The third-order valence-corrected chi connectivity index (χ3v) is 4.37. The Morgan fingerprint density at radius 2 is 2.16 bits per heavy atom. The van der Waals surface area contributed by atoms with Crippen molar-refractivity contribution in [2.45, 2.75) is 37.6 Å². The first-order valence-corrected chi connectivity index (χ1v) is 7.56. The van der Waals surface area contributed by atoms with Gasteiger partial charge in [-0.2, -0.15) is 0 Å². The third kappa shape index (κ3) is 3.05. The summed E-state index contributed by atoms with van der Waals surface area (Å²) in [5.74, 6) is -0.600. The summed E-state index contributed by atoms with van der Waals surface area (Å²) in [7, 11) is -3.59. The van der Waals surface area contributed by atoms with Crippen LogP contribution in [0.5, 0.6) is 0 Å². The number of H-pyrrole nitrogens is 1. The Bertz CT molecular complexity index is 730. The van der Waals surface area contributed by atoms with Crippen LogP contribution in [0.4, 0.5) is 0 Å². The topological polar surface area (TPSA) is 92.2 Å². The molecule has 104 valence electrons. The summed E-state index contributed by atoms with van der Waals surface area (Å²) in [6.07, 6.45) is 1.66. The second kappa shape index (κ2) is 5.18. The van der Waals surface area contributed by atoms with Crippen molar-refractivity contribution in [3.05, 3.63) is 28.7 Å². The van der Waals surface area contributed by atoms with E-state index in [0.29, 0.717) is 5.52 Å². The molecule has 1 aromatic heterocycles. The lowest BCUT2D eigenvalue weighted by Gasteiger charge is -2.13. The summed E-state index contributed by atoms with van der Waals surface area (Å²) >= 11 is 0. The van der Waals surface area contributed by atoms with Gasteiger partial charge in [0, 0.05) is 12.1 Å². The fourth-order valence-electron chi connectivity index (χ4n) is 1.92. The second-order valence-corrected chi connectivity index (χ2v) is 6.20. The molecule has 1 heterocycles. The molecule has 19 heavy (non-hydrogen) atoms. The van der Waals surface area contributed by atoms with E-state index in [-0.39, 0.29) is 16.5 Å². The summed E-state index contributed by atoms with van der Waals surface area (Å²) in [5, 5.41) is 0. The van der Waals surface area contributed by atoms with Gasteiger partial charge >= 0.3 is 5.76 Å². The molecule has 0 aliphatic rings. The van der Waals surface area contributed by atoms with Crippen LogP contribution < -0.4 is 10.5 Å². The number of aromatic amines is 1. The minimum atomic E-state index is -3.59. The number of oxazole rings is 1. The van der Waals surface area contributed by atoms with Crippen molar-refractivity contribution < 1.29 is 12.8 Å². The summed E-state index contributed by atoms with van der Waals surface area (Å²) in [6, 6.07) is 4.16. The maximum absolute atomic E-state index is 12.1.